The van der Waals surface area contributed by atoms with Gasteiger partial charge in [0, 0.05) is 0 Å². The van der Waals surface area contributed by atoms with Gasteiger partial charge in [0.2, 0.25) is 5.91 Å². The molecule has 30 heavy (non-hydrogen) atoms. The first-order valence-corrected chi connectivity index (χ1v) is 11.5. The summed E-state index contributed by atoms with van der Waals surface area (Å²) in [6.07, 6.45) is 2.18. The zero-order valence-electron chi connectivity index (χ0n) is 19.5. The molecule has 1 heterocycles. The summed E-state index contributed by atoms with van der Waals surface area (Å²) in [6, 6.07) is -0.789. The highest BCUT2D eigenvalue weighted by atomic mass is 16.7. The van der Waals surface area contributed by atoms with E-state index in [0.29, 0.717) is 30.6 Å². The molecule has 1 saturated heterocycles. The zero-order chi connectivity index (χ0) is 22.4. The van der Waals surface area contributed by atoms with E-state index in [0.717, 1.165) is 6.42 Å². The van der Waals surface area contributed by atoms with Crippen molar-refractivity contribution in [2.45, 2.75) is 97.8 Å². The molecule has 3 N–H and O–H groups in total. The van der Waals surface area contributed by atoms with Gasteiger partial charge in [-0.05, 0) is 61.7 Å². The van der Waals surface area contributed by atoms with E-state index in [4.69, 9.17) is 14.4 Å². The van der Waals surface area contributed by atoms with Crippen molar-refractivity contribution in [3.8, 4) is 0 Å². The Hall–Kier alpha value is -1.28. The summed E-state index contributed by atoms with van der Waals surface area (Å²) in [7, 11) is -0.508. The van der Waals surface area contributed by atoms with Crippen LogP contribution in [0.5, 0.6) is 0 Å². The van der Waals surface area contributed by atoms with Crippen molar-refractivity contribution in [3.05, 3.63) is 0 Å². The Morgan fingerprint density at radius 1 is 1.07 bits per heavy atom. The minimum Gasteiger partial charge on any atom is -0.465 e. The standard InChI is InChI=1S/C22H39BN2O5/c1-12(2)8-15(24-20(27)28)19(26)25-18(9-13(3)4)23-29-17-11-14-10-16(21(14,5)6)22(17,7)30-23/h12-18,24H,8-11H2,1-7H3,(H,25,26)(H,27,28)/t14-,15-,16-,17+,18-,22-/m0/s1. The van der Waals surface area contributed by atoms with E-state index in [1.165, 1.54) is 6.42 Å². The van der Waals surface area contributed by atoms with E-state index in [2.05, 4.69) is 45.3 Å². The van der Waals surface area contributed by atoms with E-state index in [9.17, 15) is 9.59 Å². The molecule has 1 aliphatic heterocycles. The van der Waals surface area contributed by atoms with Crippen molar-refractivity contribution in [1.29, 1.82) is 0 Å². The Morgan fingerprint density at radius 2 is 1.70 bits per heavy atom. The van der Waals surface area contributed by atoms with Crippen LogP contribution in [0.15, 0.2) is 0 Å². The number of amides is 2. The van der Waals surface area contributed by atoms with Crippen LogP contribution < -0.4 is 10.6 Å². The largest absolute Gasteiger partial charge is 0.481 e. The predicted molar refractivity (Wildman–Crippen MR) is 116 cm³/mol. The highest BCUT2D eigenvalue weighted by molar-refractivity contribution is 6.47. The normalized spacial score (nSPS) is 33.6. The summed E-state index contributed by atoms with van der Waals surface area (Å²) >= 11 is 0. The number of rotatable bonds is 8. The second kappa shape index (κ2) is 8.34. The number of carbonyl (C=O) groups excluding carboxylic acids is 1. The molecule has 6 atom stereocenters. The highest BCUT2D eigenvalue weighted by Gasteiger charge is 2.68. The second-order valence-corrected chi connectivity index (χ2v) is 11.2. The number of nitrogens with one attached hydrogen (secondary N) is 2. The van der Waals surface area contributed by atoms with Gasteiger partial charge in [0.25, 0.3) is 0 Å². The molecule has 3 aliphatic carbocycles. The highest BCUT2D eigenvalue weighted by Crippen LogP contribution is 2.65. The molecule has 3 saturated carbocycles. The Kier molecular flexibility index (Phi) is 6.50. The summed E-state index contributed by atoms with van der Waals surface area (Å²) in [4.78, 5) is 24.2. The molecule has 170 valence electrons. The lowest BCUT2D eigenvalue weighted by Gasteiger charge is -2.64. The van der Waals surface area contributed by atoms with Gasteiger partial charge in [-0.1, -0.05) is 41.5 Å². The van der Waals surface area contributed by atoms with E-state index in [1.54, 1.807) is 0 Å². The van der Waals surface area contributed by atoms with E-state index < -0.39 is 19.3 Å². The molecule has 0 spiro atoms. The van der Waals surface area contributed by atoms with Crippen LogP contribution in [0.25, 0.3) is 0 Å². The van der Waals surface area contributed by atoms with Crippen LogP contribution in [-0.2, 0) is 14.1 Å². The van der Waals surface area contributed by atoms with Gasteiger partial charge in [-0.15, -0.1) is 0 Å². The van der Waals surface area contributed by atoms with Gasteiger partial charge in [-0.25, -0.2) is 4.79 Å². The fourth-order valence-corrected chi connectivity index (χ4v) is 5.95. The summed E-state index contributed by atoms with van der Waals surface area (Å²) in [6.45, 7) is 15.0. The van der Waals surface area contributed by atoms with Crippen LogP contribution >= 0.6 is 0 Å². The second-order valence-electron chi connectivity index (χ2n) is 11.2. The van der Waals surface area contributed by atoms with Crippen molar-refractivity contribution in [1.82, 2.24) is 10.6 Å². The fraction of sp³-hybridized carbons (Fsp3) is 0.909. The zero-order valence-corrected chi connectivity index (χ0v) is 19.5. The number of hydrogen-bond acceptors (Lipinski definition) is 4. The average molecular weight is 422 g/mol. The quantitative estimate of drug-likeness (QED) is 0.521. The molecule has 0 aromatic carbocycles. The number of carbonyl (C=O) groups is 2. The average Bonchev–Trinajstić information content (AvgIpc) is 2.96. The van der Waals surface area contributed by atoms with Crippen molar-refractivity contribution >= 4 is 19.1 Å². The Balaban J connectivity index is 1.73. The van der Waals surface area contributed by atoms with Crippen LogP contribution in [0.2, 0.25) is 0 Å². The van der Waals surface area contributed by atoms with Crippen LogP contribution in [0.3, 0.4) is 0 Å². The molecule has 8 heteroatoms. The smallest absolute Gasteiger partial charge is 0.465 e. The fourth-order valence-electron chi connectivity index (χ4n) is 5.95. The third kappa shape index (κ3) is 4.36. The Labute approximate surface area is 181 Å². The number of hydrogen-bond donors (Lipinski definition) is 3. The Bertz CT molecular complexity index is 670. The molecule has 0 aromatic rings. The van der Waals surface area contributed by atoms with Crippen LogP contribution in [0.1, 0.15) is 74.1 Å². The first-order chi connectivity index (χ1) is 13.8. The van der Waals surface area contributed by atoms with E-state index in [1.807, 2.05) is 13.8 Å². The summed E-state index contributed by atoms with van der Waals surface area (Å²) < 4.78 is 13.0. The topological polar surface area (TPSA) is 96.9 Å². The van der Waals surface area contributed by atoms with Gasteiger partial charge >= 0.3 is 13.2 Å². The summed E-state index contributed by atoms with van der Waals surface area (Å²) in [5, 5.41) is 14.6. The number of carboxylic acid groups (broad SMARTS) is 1. The maximum atomic E-state index is 13.0. The first kappa shape index (κ1) is 23.4. The predicted octanol–water partition coefficient (Wildman–Crippen LogP) is 3.47. The van der Waals surface area contributed by atoms with E-state index >= 15 is 0 Å². The summed E-state index contributed by atoms with van der Waals surface area (Å²) in [5.41, 5.74) is -0.0758. The maximum Gasteiger partial charge on any atom is 0.481 e. The van der Waals surface area contributed by atoms with Crippen molar-refractivity contribution in [2.75, 3.05) is 0 Å². The van der Waals surface area contributed by atoms with Gasteiger partial charge in [-0.2, -0.15) is 0 Å². The van der Waals surface area contributed by atoms with Gasteiger partial charge < -0.3 is 25.0 Å². The minimum atomic E-state index is -1.19. The SMILES string of the molecule is CC(C)C[C@H](NC(=O)[C@H](CC(C)C)NC(=O)O)B1O[C@@H]2C[C@@H]3C[C@@H](C3(C)C)[C@]2(C)O1. The maximum absolute atomic E-state index is 13.0. The van der Waals surface area contributed by atoms with Crippen LogP contribution in [-0.4, -0.2) is 47.9 Å². The van der Waals surface area contributed by atoms with Crippen molar-refractivity contribution in [3.63, 3.8) is 0 Å². The van der Waals surface area contributed by atoms with Crippen molar-refractivity contribution < 1.29 is 24.0 Å². The van der Waals surface area contributed by atoms with E-state index in [-0.39, 0.29) is 34.9 Å². The van der Waals surface area contributed by atoms with Gasteiger partial charge in [-0.3, -0.25) is 4.79 Å². The molecular formula is C22H39BN2O5. The van der Waals surface area contributed by atoms with Crippen LogP contribution in [0.4, 0.5) is 4.79 Å². The molecule has 0 aromatic heterocycles. The molecule has 0 radical (unpaired) electrons. The lowest BCUT2D eigenvalue weighted by atomic mass is 9.43. The molecule has 4 fully saturated rings. The lowest BCUT2D eigenvalue weighted by molar-refractivity contribution is -0.199. The Morgan fingerprint density at radius 3 is 2.23 bits per heavy atom. The molecule has 4 rings (SSSR count). The van der Waals surface area contributed by atoms with Gasteiger partial charge in [0.1, 0.15) is 6.04 Å². The van der Waals surface area contributed by atoms with Crippen molar-refractivity contribution in [2.24, 2.45) is 29.1 Å². The molecule has 7 nitrogen and oxygen atoms in total. The first-order valence-electron chi connectivity index (χ1n) is 11.5. The molecule has 2 bridgehead atoms. The summed E-state index contributed by atoms with van der Waals surface area (Å²) in [5.74, 6) is 1.01. The monoisotopic (exact) mass is 422 g/mol. The lowest BCUT2D eigenvalue weighted by Crippen LogP contribution is -2.65. The molecular weight excluding hydrogens is 383 g/mol. The van der Waals surface area contributed by atoms with Gasteiger partial charge in [0.05, 0.1) is 17.6 Å². The third-order valence-electron chi connectivity index (χ3n) is 7.67. The molecule has 0 unspecified atom stereocenters. The molecule has 2 amide bonds. The van der Waals surface area contributed by atoms with Crippen LogP contribution in [0, 0.1) is 29.1 Å². The minimum absolute atomic E-state index is 0.0504. The third-order valence-corrected chi connectivity index (χ3v) is 7.67. The molecule has 4 aliphatic rings. The van der Waals surface area contributed by atoms with Gasteiger partial charge in [0.15, 0.2) is 0 Å².